The molecule has 1 fully saturated rings. The van der Waals surface area contributed by atoms with Gasteiger partial charge in [-0.25, -0.2) is 4.57 Å². The molecule has 1 saturated carbocycles. The zero-order valence-corrected chi connectivity index (χ0v) is 16.3. The van der Waals surface area contributed by atoms with Gasteiger partial charge in [-0.3, -0.25) is 4.79 Å². The van der Waals surface area contributed by atoms with Gasteiger partial charge in [0.25, 0.3) is 0 Å². The summed E-state index contributed by atoms with van der Waals surface area (Å²) in [4.78, 5) is 12.1. The molecular formula is C17H23BrN4OS. The molecule has 0 unspecified atom stereocenters. The van der Waals surface area contributed by atoms with Gasteiger partial charge in [-0.1, -0.05) is 30.6 Å². The number of carbonyl (C=O) groups is 1. The smallest absolute Gasteiger partial charge is 0.232 e. The van der Waals surface area contributed by atoms with Crippen LogP contribution in [0.5, 0.6) is 0 Å². The second-order valence-corrected chi connectivity index (χ2v) is 7.20. The fraction of sp³-hybridized carbons (Fsp3) is 0.529. The third kappa shape index (κ3) is 5.34. The van der Waals surface area contributed by atoms with Crippen molar-refractivity contribution in [3.63, 3.8) is 0 Å². The van der Waals surface area contributed by atoms with Crippen LogP contribution in [0.4, 0.5) is 5.13 Å². The lowest BCUT2D eigenvalue weighted by atomic mass is 9.90. The summed E-state index contributed by atoms with van der Waals surface area (Å²) >= 11 is 1.53. The van der Waals surface area contributed by atoms with Crippen LogP contribution < -0.4 is 26.9 Å². The molecule has 0 atom stereocenters. The van der Waals surface area contributed by atoms with Crippen LogP contribution in [0.25, 0.3) is 0 Å². The van der Waals surface area contributed by atoms with E-state index in [1.54, 1.807) is 0 Å². The molecule has 2 aromatic rings. The maximum absolute atomic E-state index is 12.1. The van der Waals surface area contributed by atoms with Crippen molar-refractivity contribution in [1.29, 1.82) is 0 Å². The van der Waals surface area contributed by atoms with E-state index in [4.69, 9.17) is 0 Å². The van der Waals surface area contributed by atoms with Gasteiger partial charge in [0.15, 0.2) is 18.9 Å². The number of amides is 1. The highest BCUT2D eigenvalue weighted by Gasteiger charge is 2.20. The van der Waals surface area contributed by atoms with Crippen molar-refractivity contribution in [2.24, 2.45) is 0 Å². The predicted octanol–water partition coefficient (Wildman–Crippen LogP) is 0.215. The van der Waals surface area contributed by atoms with Gasteiger partial charge < -0.3 is 22.3 Å². The molecule has 24 heavy (non-hydrogen) atoms. The molecule has 2 aromatic heterocycles. The standard InChI is InChI=1S/C17H22N4OS.BrH/c1-13-7-10-21(11-8-13)12-9-15(22)18-17-20-19-16(23-17)14-5-3-2-4-6-14;/h7-8,10-11,14H,2-6,9,12H2,1H3;1H. The van der Waals surface area contributed by atoms with Gasteiger partial charge in [0.1, 0.15) is 5.01 Å². The molecule has 0 bridgehead atoms. The number of aromatic nitrogens is 3. The minimum atomic E-state index is -0.00980. The van der Waals surface area contributed by atoms with E-state index in [9.17, 15) is 4.79 Å². The van der Waals surface area contributed by atoms with Crippen LogP contribution in [-0.2, 0) is 11.3 Å². The summed E-state index contributed by atoms with van der Waals surface area (Å²) < 4.78 is 2.01. The minimum absolute atomic E-state index is 0. The van der Waals surface area contributed by atoms with E-state index in [-0.39, 0.29) is 22.9 Å². The Labute approximate surface area is 157 Å². The second kappa shape index (κ2) is 9.22. The summed E-state index contributed by atoms with van der Waals surface area (Å²) in [6.45, 7) is 2.72. The van der Waals surface area contributed by atoms with E-state index in [2.05, 4.69) is 22.4 Å². The highest BCUT2D eigenvalue weighted by atomic mass is 79.9. The summed E-state index contributed by atoms with van der Waals surface area (Å²) in [6.07, 6.45) is 10.7. The van der Waals surface area contributed by atoms with Crippen LogP contribution in [0.1, 0.15) is 55.0 Å². The van der Waals surface area contributed by atoms with Crippen molar-refractivity contribution >= 4 is 22.4 Å². The Morgan fingerprint density at radius 2 is 1.96 bits per heavy atom. The fourth-order valence-corrected chi connectivity index (χ4v) is 3.82. The Morgan fingerprint density at radius 1 is 1.25 bits per heavy atom. The number of rotatable bonds is 5. The molecule has 0 spiro atoms. The van der Waals surface area contributed by atoms with Crippen LogP contribution in [0, 0.1) is 6.92 Å². The Hall–Kier alpha value is -1.34. The number of pyridine rings is 1. The number of aryl methyl sites for hydroxylation is 2. The quantitative estimate of drug-likeness (QED) is 0.716. The van der Waals surface area contributed by atoms with E-state index < -0.39 is 0 Å². The summed E-state index contributed by atoms with van der Waals surface area (Å²) in [5.74, 6) is 0.527. The van der Waals surface area contributed by atoms with Gasteiger partial charge in [-0.05, 0) is 25.3 Å². The second-order valence-electron chi connectivity index (χ2n) is 6.19. The van der Waals surface area contributed by atoms with Crippen LogP contribution in [0.2, 0.25) is 0 Å². The van der Waals surface area contributed by atoms with E-state index in [0.717, 1.165) is 5.01 Å². The zero-order valence-electron chi connectivity index (χ0n) is 13.9. The van der Waals surface area contributed by atoms with E-state index in [0.29, 0.717) is 24.0 Å². The zero-order chi connectivity index (χ0) is 16.1. The van der Waals surface area contributed by atoms with E-state index in [1.807, 2.05) is 29.1 Å². The lowest BCUT2D eigenvalue weighted by molar-refractivity contribution is -0.695. The molecule has 1 N–H and O–H groups in total. The van der Waals surface area contributed by atoms with Crippen LogP contribution in [0.15, 0.2) is 24.5 Å². The average molecular weight is 411 g/mol. The van der Waals surface area contributed by atoms with Gasteiger partial charge in [-0.2, -0.15) is 0 Å². The molecule has 0 radical (unpaired) electrons. The van der Waals surface area contributed by atoms with Crippen molar-refractivity contribution in [3.8, 4) is 0 Å². The average Bonchev–Trinajstić information content (AvgIpc) is 3.04. The van der Waals surface area contributed by atoms with E-state index >= 15 is 0 Å². The number of halogens is 1. The largest absolute Gasteiger partial charge is 1.00 e. The third-order valence-electron chi connectivity index (χ3n) is 4.30. The Bertz CT molecular complexity index is 653. The minimum Gasteiger partial charge on any atom is -1.00 e. The first kappa shape index (κ1) is 19.0. The number of hydrogen-bond acceptors (Lipinski definition) is 4. The topological polar surface area (TPSA) is 58.8 Å². The Balaban J connectivity index is 0.00000208. The summed E-state index contributed by atoms with van der Waals surface area (Å²) in [5, 5.41) is 13.0. The number of anilines is 1. The number of nitrogens with zero attached hydrogens (tertiary/aromatic N) is 3. The van der Waals surface area contributed by atoms with Gasteiger partial charge in [0.05, 0.1) is 6.42 Å². The Morgan fingerprint density at radius 3 is 2.67 bits per heavy atom. The molecule has 1 aliphatic carbocycles. The summed E-state index contributed by atoms with van der Waals surface area (Å²) in [5.41, 5.74) is 1.22. The predicted molar refractivity (Wildman–Crippen MR) is 90.4 cm³/mol. The first-order valence-electron chi connectivity index (χ1n) is 8.29. The number of carbonyl (C=O) groups excluding carboxylic acids is 1. The van der Waals surface area contributed by atoms with Crippen molar-refractivity contribution < 1.29 is 26.3 Å². The normalized spacial score (nSPS) is 14.9. The SMILES string of the molecule is Cc1cc[n+](CCC(=O)Nc2nnc(C3CCCCC3)s2)cc1.[Br-]. The molecule has 130 valence electrons. The number of nitrogens with one attached hydrogen (secondary N) is 1. The third-order valence-corrected chi connectivity index (χ3v) is 5.30. The van der Waals surface area contributed by atoms with Crippen molar-refractivity contribution in [2.45, 2.75) is 57.9 Å². The maximum atomic E-state index is 12.1. The Kier molecular flexibility index (Phi) is 7.30. The molecule has 0 aromatic carbocycles. The lowest BCUT2D eigenvalue weighted by Crippen LogP contribution is -3.00. The molecule has 3 rings (SSSR count). The summed E-state index contributed by atoms with van der Waals surface area (Å²) in [7, 11) is 0. The van der Waals surface area contributed by atoms with E-state index in [1.165, 1.54) is 49.0 Å². The maximum Gasteiger partial charge on any atom is 0.232 e. The first-order valence-corrected chi connectivity index (χ1v) is 9.11. The van der Waals surface area contributed by atoms with Crippen LogP contribution >= 0.6 is 11.3 Å². The molecular weight excluding hydrogens is 388 g/mol. The van der Waals surface area contributed by atoms with Crippen LogP contribution in [0.3, 0.4) is 0 Å². The number of hydrogen-bond donors (Lipinski definition) is 1. The molecule has 1 amide bonds. The molecule has 1 aliphatic rings. The van der Waals surface area contributed by atoms with Crippen molar-refractivity contribution in [3.05, 3.63) is 35.1 Å². The molecule has 0 saturated heterocycles. The first-order chi connectivity index (χ1) is 11.2. The van der Waals surface area contributed by atoms with Crippen molar-refractivity contribution in [2.75, 3.05) is 5.32 Å². The van der Waals surface area contributed by atoms with Crippen LogP contribution in [-0.4, -0.2) is 16.1 Å². The molecule has 0 aliphatic heterocycles. The molecule has 7 heteroatoms. The fourth-order valence-electron chi connectivity index (χ4n) is 2.89. The highest BCUT2D eigenvalue weighted by Crippen LogP contribution is 2.35. The van der Waals surface area contributed by atoms with Gasteiger partial charge in [0, 0.05) is 18.1 Å². The monoisotopic (exact) mass is 410 g/mol. The summed E-state index contributed by atoms with van der Waals surface area (Å²) in [6, 6.07) is 4.08. The van der Waals surface area contributed by atoms with Crippen molar-refractivity contribution in [1.82, 2.24) is 10.2 Å². The lowest BCUT2D eigenvalue weighted by Gasteiger charge is -2.18. The highest BCUT2D eigenvalue weighted by molar-refractivity contribution is 7.15. The van der Waals surface area contributed by atoms with Gasteiger partial charge in [0.2, 0.25) is 11.0 Å². The van der Waals surface area contributed by atoms with Gasteiger partial charge in [-0.15, -0.1) is 10.2 Å². The molecule has 2 heterocycles. The van der Waals surface area contributed by atoms with Gasteiger partial charge >= 0.3 is 0 Å². The molecule has 5 nitrogen and oxygen atoms in total.